The summed E-state index contributed by atoms with van der Waals surface area (Å²) in [6.07, 6.45) is 9.29. The molecule has 0 aromatic heterocycles. The van der Waals surface area contributed by atoms with Crippen LogP contribution in [0, 0.1) is 17.3 Å². The van der Waals surface area contributed by atoms with Crippen molar-refractivity contribution in [2.24, 2.45) is 22.2 Å². The fourth-order valence-corrected chi connectivity index (χ4v) is 4.52. The third-order valence-electron chi connectivity index (χ3n) is 5.81. The van der Waals surface area contributed by atoms with E-state index in [1.807, 2.05) is 0 Å². The van der Waals surface area contributed by atoms with Crippen LogP contribution in [0.3, 0.4) is 0 Å². The Hall–Kier alpha value is -1.83. The molecule has 0 bridgehead atoms. The van der Waals surface area contributed by atoms with Crippen molar-refractivity contribution in [2.75, 3.05) is 6.61 Å². The SMILES string of the molecule is C=CC(C)[C@@]12CCCC[C@@H]1C(OCC)=CC2=NCc1ccccc1. The molecule has 2 aliphatic carbocycles. The number of hydrogen-bond acceptors (Lipinski definition) is 2. The minimum Gasteiger partial charge on any atom is -0.498 e. The van der Waals surface area contributed by atoms with Crippen molar-refractivity contribution >= 4 is 5.71 Å². The summed E-state index contributed by atoms with van der Waals surface area (Å²) in [5, 5.41) is 0. The Balaban J connectivity index is 1.97. The molecule has 24 heavy (non-hydrogen) atoms. The number of hydrogen-bond donors (Lipinski definition) is 0. The van der Waals surface area contributed by atoms with Gasteiger partial charge in [0.05, 0.1) is 13.2 Å². The average molecular weight is 323 g/mol. The van der Waals surface area contributed by atoms with E-state index >= 15 is 0 Å². The third kappa shape index (κ3) is 2.94. The van der Waals surface area contributed by atoms with Gasteiger partial charge >= 0.3 is 0 Å². The largest absolute Gasteiger partial charge is 0.498 e. The van der Waals surface area contributed by atoms with Gasteiger partial charge < -0.3 is 4.74 Å². The molecule has 1 aromatic carbocycles. The molecule has 0 spiro atoms. The van der Waals surface area contributed by atoms with E-state index in [9.17, 15) is 0 Å². The van der Waals surface area contributed by atoms with Crippen LogP contribution in [0.2, 0.25) is 0 Å². The molecule has 3 rings (SSSR count). The number of benzene rings is 1. The molecule has 2 aliphatic rings. The molecule has 0 saturated heterocycles. The summed E-state index contributed by atoms with van der Waals surface area (Å²) < 4.78 is 6.02. The lowest BCUT2D eigenvalue weighted by Crippen LogP contribution is -2.42. The molecule has 128 valence electrons. The minimum atomic E-state index is 0.0826. The van der Waals surface area contributed by atoms with E-state index in [1.165, 1.54) is 37.0 Å². The molecule has 3 atom stereocenters. The number of aliphatic imine (C=N–C) groups is 1. The maximum Gasteiger partial charge on any atom is 0.102 e. The molecule has 2 nitrogen and oxygen atoms in total. The van der Waals surface area contributed by atoms with Crippen LogP contribution in [0.15, 0.2) is 59.8 Å². The quantitative estimate of drug-likeness (QED) is 0.628. The Morgan fingerprint density at radius 2 is 2.12 bits per heavy atom. The first-order valence-electron chi connectivity index (χ1n) is 9.28. The molecular weight excluding hydrogens is 294 g/mol. The Morgan fingerprint density at radius 1 is 1.33 bits per heavy atom. The molecular formula is C22H29NO. The molecule has 0 radical (unpaired) electrons. The van der Waals surface area contributed by atoms with Gasteiger partial charge in [0.15, 0.2) is 0 Å². The van der Waals surface area contributed by atoms with Crippen LogP contribution in [-0.2, 0) is 11.3 Å². The Labute approximate surface area is 146 Å². The first-order chi connectivity index (χ1) is 11.7. The maximum atomic E-state index is 6.02. The maximum absolute atomic E-state index is 6.02. The Morgan fingerprint density at radius 3 is 2.83 bits per heavy atom. The Kier molecular flexibility index (Phi) is 5.23. The molecule has 1 saturated carbocycles. The minimum absolute atomic E-state index is 0.0826. The molecule has 0 amide bonds. The van der Waals surface area contributed by atoms with Gasteiger partial charge in [0.2, 0.25) is 0 Å². The number of rotatable bonds is 6. The van der Waals surface area contributed by atoms with Crippen molar-refractivity contribution in [3.05, 3.63) is 60.4 Å². The fourth-order valence-electron chi connectivity index (χ4n) is 4.52. The molecule has 1 unspecified atom stereocenters. The van der Waals surface area contributed by atoms with Gasteiger partial charge in [-0.2, -0.15) is 0 Å². The van der Waals surface area contributed by atoms with Gasteiger partial charge in [-0.05, 0) is 37.3 Å². The predicted octanol–water partition coefficient (Wildman–Crippen LogP) is 5.56. The van der Waals surface area contributed by atoms with E-state index in [2.05, 4.69) is 62.9 Å². The van der Waals surface area contributed by atoms with Crippen LogP contribution in [0.25, 0.3) is 0 Å². The van der Waals surface area contributed by atoms with Gasteiger partial charge in [0.1, 0.15) is 5.76 Å². The molecule has 0 aliphatic heterocycles. The highest BCUT2D eigenvalue weighted by atomic mass is 16.5. The number of nitrogens with zero attached hydrogens (tertiary/aromatic N) is 1. The second-order valence-electron chi connectivity index (χ2n) is 7.03. The van der Waals surface area contributed by atoms with E-state index in [-0.39, 0.29) is 5.41 Å². The van der Waals surface area contributed by atoms with Gasteiger partial charge in [-0.1, -0.05) is 56.2 Å². The van der Waals surface area contributed by atoms with Gasteiger partial charge in [0.25, 0.3) is 0 Å². The standard InChI is InChI=1S/C22H29NO/c1-4-17(3)22-14-10-9-13-19(22)20(24-5-2)15-21(22)23-16-18-11-7-6-8-12-18/h4,6-8,11-12,15,17,19H,1,5,9-10,13-14,16H2,2-3H3/t17?,19-,22+/m1/s1. The second kappa shape index (κ2) is 7.38. The summed E-state index contributed by atoms with van der Waals surface area (Å²) in [7, 11) is 0. The molecule has 0 heterocycles. The number of fused-ring (bicyclic) bond motifs is 1. The zero-order valence-corrected chi connectivity index (χ0v) is 15.0. The van der Waals surface area contributed by atoms with E-state index < -0.39 is 0 Å². The van der Waals surface area contributed by atoms with Crippen LogP contribution < -0.4 is 0 Å². The van der Waals surface area contributed by atoms with Crippen molar-refractivity contribution in [3.63, 3.8) is 0 Å². The van der Waals surface area contributed by atoms with Crippen molar-refractivity contribution in [2.45, 2.75) is 46.1 Å². The van der Waals surface area contributed by atoms with E-state index in [0.29, 0.717) is 11.8 Å². The summed E-state index contributed by atoms with van der Waals surface area (Å²) in [5.74, 6) is 2.03. The summed E-state index contributed by atoms with van der Waals surface area (Å²) in [4.78, 5) is 5.06. The molecule has 1 aromatic rings. The lowest BCUT2D eigenvalue weighted by Gasteiger charge is -2.44. The topological polar surface area (TPSA) is 21.6 Å². The fraction of sp³-hybridized carbons (Fsp3) is 0.500. The second-order valence-corrected chi connectivity index (χ2v) is 7.03. The number of allylic oxidation sites excluding steroid dienone is 3. The molecule has 0 N–H and O–H groups in total. The van der Waals surface area contributed by atoms with Gasteiger partial charge in [-0.25, -0.2) is 0 Å². The summed E-state index contributed by atoms with van der Waals surface area (Å²) in [6.45, 7) is 9.93. The van der Waals surface area contributed by atoms with Gasteiger partial charge in [0, 0.05) is 17.0 Å². The van der Waals surface area contributed by atoms with Crippen molar-refractivity contribution < 1.29 is 4.74 Å². The summed E-state index contributed by atoms with van der Waals surface area (Å²) >= 11 is 0. The molecule has 1 fully saturated rings. The van der Waals surface area contributed by atoms with Gasteiger partial charge in [-0.15, -0.1) is 6.58 Å². The van der Waals surface area contributed by atoms with E-state index in [1.54, 1.807) is 0 Å². The predicted molar refractivity (Wildman–Crippen MR) is 101 cm³/mol. The highest BCUT2D eigenvalue weighted by Crippen LogP contribution is 2.55. The zero-order valence-electron chi connectivity index (χ0n) is 15.0. The third-order valence-corrected chi connectivity index (χ3v) is 5.81. The highest BCUT2D eigenvalue weighted by Gasteiger charge is 2.53. The monoisotopic (exact) mass is 323 g/mol. The number of ether oxygens (including phenoxy) is 1. The first-order valence-corrected chi connectivity index (χ1v) is 9.28. The van der Waals surface area contributed by atoms with Crippen LogP contribution in [0.1, 0.15) is 45.1 Å². The smallest absolute Gasteiger partial charge is 0.102 e. The highest BCUT2D eigenvalue weighted by molar-refractivity contribution is 6.03. The van der Waals surface area contributed by atoms with Crippen molar-refractivity contribution in [1.82, 2.24) is 0 Å². The van der Waals surface area contributed by atoms with Crippen molar-refractivity contribution in [3.8, 4) is 0 Å². The first kappa shape index (κ1) is 17.0. The van der Waals surface area contributed by atoms with E-state index in [4.69, 9.17) is 9.73 Å². The van der Waals surface area contributed by atoms with E-state index in [0.717, 1.165) is 18.9 Å². The van der Waals surface area contributed by atoms with Crippen molar-refractivity contribution in [1.29, 1.82) is 0 Å². The normalized spacial score (nSPS) is 29.0. The zero-order chi connectivity index (χ0) is 17.0. The molecule has 2 heteroatoms. The van der Waals surface area contributed by atoms with Crippen LogP contribution in [0.5, 0.6) is 0 Å². The van der Waals surface area contributed by atoms with Crippen LogP contribution in [0.4, 0.5) is 0 Å². The Bertz CT molecular complexity index is 631. The average Bonchev–Trinajstić information content (AvgIpc) is 2.95. The summed E-state index contributed by atoms with van der Waals surface area (Å²) in [5.41, 5.74) is 2.57. The lowest BCUT2D eigenvalue weighted by atomic mass is 9.60. The van der Waals surface area contributed by atoms with Crippen LogP contribution in [-0.4, -0.2) is 12.3 Å². The van der Waals surface area contributed by atoms with Crippen LogP contribution >= 0.6 is 0 Å². The lowest BCUT2D eigenvalue weighted by molar-refractivity contribution is 0.0975. The summed E-state index contributed by atoms with van der Waals surface area (Å²) in [6, 6.07) is 10.5. The van der Waals surface area contributed by atoms with Gasteiger partial charge in [-0.3, -0.25) is 4.99 Å².